The fraction of sp³-hybridized carbons (Fsp3) is 0.250. The minimum Gasteiger partial charge on any atom is -0.364 e. The van der Waals surface area contributed by atoms with Gasteiger partial charge in [0.2, 0.25) is 0 Å². The van der Waals surface area contributed by atoms with Crippen molar-refractivity contribution in [2.24, 2.45) is 0 Å². The van der Waals surface area contributed by atoms with Crippen LogP contribution in [-0.2, 0) is 14.6 Å². The minimum absolute atomic E-state index is 0.0371. The highest BCUT2D eigenvalue weighted by atomic mass is 32.2. The van der Waals surface area contributed by atoms with Gasteiger partial charge in [-0.15, -0.1) is 0 Å². The summed E-state index contributed by atoms with van der Waals surface area (Å²) < 4.78 is 27.6. The van der Waals surface area contributed by atoms with Gasteiger partial charge < -0.3 is 9.84 Å². The molecule has 2 aromatic rings. The Hall–Kier alpha value is -1.50. The van der Waals surface area contributed by atoms with Crippen molar-refractivity contribution in [2.75, 3.05) is 13.4 Å². The zero-order chi connectivity index (χ0) is 13.3. The SMILES string of the molecule is COC(O)c1ccc2nc(S(C)(=O)=O)ccc2c1. The largest absolute Gasteiger partial charge is 0.364 e. The van der Waals surface area contributed by atoms with Gasteiger partial charge in [-0.3, -0.25) is 0 Å². The second kappa shape index (κ2) is 4.64. The molecule has 1 atom stereocenters. The zero-order valence-corrected chi connectivity index (χ0v) is 10.8. The summed E-state index contributed by atoms with van der Waals surface area (Å²) in [6, 6.07) is 8.12. The second-order valence-electron chi connectivity index (χ2n) is 3.96. The first-order chi connectivity index (χ1) is 8.41. The molecule has 0 radical (unpaired) electrons. The van der Waals surface area contributed by atoms with E-state index in [1.807, 2.05) is 0 Å². The molecule has 96 valence electrons. The van der Waals surface area contributed by atoms with Gasteiger partial charge in [0.1, 0.15) is 0 Å². The van der Waals surface area contributed by atoms with E-state index < -0.39 is 16.1 Å². The van der Waals surface area contributed by atoms with Crippen LogP contribution in [0.2, 0.25) is 0 Å². The van der Waals surface area contributed by atoms with Crippen LogP contribution < -0.4 is 0 Å². The van der Waals surface area contributed by atoms with Gasteiger partial charge in [0.15, 0.2) is 21.2 Å². The number of rotatable bonds is 3. The number of hydrogen-bond donors (Lipinski definition) is 1. The lowest BCUT2D eigenvalue weighted by Crippen LogP contribution is -2.02. The fourth-order valence-corrected chi connectivity index (χ4v) is 2.20. The monoisotopic (exact) mass is 267 g/mol. The zero-order valence-electron chi connectivity index (χ0n) is 9.99. The Morgan fingerprint density at radius 3 is 2.61 bits per heavy atom. The number of aliphatic hydroxyl groups is 1. The van der Waals surface area contributed by atoms with Crippen LogP contribution in [0, 0.1) is 0 Å². The molecule has 1 N–H and O–H groups in total. The number of methoxy groups -OCH3 is 1. The second-order valence-corrected chi connectivity index (χ2v) is 5.92. The van der Waals surface area contributed by atoms with Crippen LogP contribution in [0.4, 0.5) is 0 Å². The molecule has 0 aliphatic carbocycles. The maximum absolute atomic E-state index is 11.4. The van der Waals surface area contributed by atoms with E-state index in [0.29, 0.717) is 11.1 Å². The third kappa shape index (κ3) is 2.50. The molecule has 2 rings (SSSR count). The van der Waals surface area contributed by atoms with E-state index in [1.165, 1.54) is 13.2 Å². The molecule has 1 unspecified atom stereocenters. The molecule has 0 bridgehead atoms. The van der Waals surface area contributed by atoms with E-state index in [9.17, 15) is 13.5 Å². The summed E-state index contributed by atoms with van der Waals surface area (Å²) in [7, 11) is -1.91. The Balaban J connectivity index is 2.55. The van der Waals surface area contributed by atoms with Crippen LogP contribution in [0.3, 0.4) is 0 Å². The molecule has 6 heteroatoms. The van der Waals surface area contributed by atoms with Crippen molar-refractivity contribution in [1.82, 2.24) is 4.98 Å². The molecule has 1 heterocycles. The summed E-state index contributed by atoms with van der Waals surface area (Å²) in [5, 5.41) is 10.3. The van der Waals surface area contributed by atoms with Gasteiger partial charge in [-0.1, -0.05) is 6.07 Å². The number of pyridine rings is 1. The number of fused-ring (bicyclic) bond motifs is 1. The lowest BCUT2D eigenvalue weighted by atomic mass is 10.1. The Morgan fingerprint density at radius 1 is 1.28 bits per heavy atom. The Morgan fingerprint density at radius 2 is 2.00 bits per heavy atom. The maximum atomic E-state index is 11.4. The smallest absolute Gasteiger partial charge is 0.192 e. The molecule has 0 aliphatic heterocycles. The molecule has 1 aromatic carbocycles. The Bertz CT molecular complexity index is 682. The molecular formula is C12H13NO4S. The third-order valence-electron chi connectivity index (χ3n) is 2.58. The van der Waals surface area contributed by atoms with Crippen molar-refractivity contribution in [3.8, 4) is 0 Å². The van der Waals surface area contributed by atoms with Crippen molar-refractivity contribution in [1.29, 1.82) is 0 Å². The number of hydrogen-bond acceptors (Lipinski definition) is 5. The van der Waals surface area contributed by atoms with E-state index in [-0.39, 0.29) is 5.03 Å². The van der Waals surface area contributed by atoms with E-state index in [1.54, 1.807) is 24.3 Å². The van der Waals surface area contributed by atoms with Gasteiger partial charge in [-0.05, 0) is 24.3 Å². The average Bonchev–Trinajstić information content (AvgIpc) is 2.35. The van der Waals surface area contributed by atoms with Crippen LogP contribution in [0.15, 0.2) is 35.4 Å². The number of aliphatic hydroxyl groups excluding tert-OH is 1. The highest BCUT2D eigenvalue weighted by Crippen LogP contribution is 2.21. The van der Waals surface area contributed by atoms with Crippen LogP contribution >= 0.6 is 0 Å². The predicted octanol–water partition coefficient (Wildman–Crippen LogP) is 1.28. The van der Waals surface area contributed by atoms with Crippen LogP contribution in [0.5, 0.6) is 0 Å². The van der Waals surface area contributed by atoms with Crippen LogP contribution in [-0.4, -0.2) is 31.9 Å². The summed E-state index contributed by atoms with van der Waals surface area (Å²) in [6.07, 6.45) is 0.119. The molecule has 0 fully saturated rings. The first-order valence-electron chi connectivity index (χ1n) is 5.23. The summed E-state index contributed by atoms with van der Waals surface area (Å²) in [6.45, 7) is 0. The number of aromatic nitrogens is 1. The predicted molar refractivity (Wildman–Crippen MR) is 66.8 cm³/mol. The first-order valence-corrected chi connectivity index (χ1v) is 7.12. The third-order valence-corrected chi connectivity index (χ3v) is 3.56. The molecule has 0 amide bonds. The summed E-state index contributed by atoms with van der Waals surface area (Å²) in [5.41, 5.74) is 1.16. The fourth-order valence-electron chi connectivity index (χ4n) is 1.62. The number of sulfone groups is 1. The van der Waals surface area contributed by atoms with Gasteiger partial charge in [-0.2, -0.15) is 0 Å². The van der Waals surface area contributed by atoms with Crippen molar-refractivity contribution in [2.45, 2.75) is 11.3 Å². The van der Waals surface area contributed by atoms with E-state index in [4.69, 9.17) is 4.74 Å². The average molecular weight is 267 g/mol. The van der Waals surface area contributed by atoms with E-state index in [2.05, 4.69) is 4.98 Å². The van der Waals surface area contributed by atoms with E-state index >= 15 is 0 Å². The van der Waals surface area contributed by atoms with Crippen molar-refractivity contribution in [3.63, 3.8) is 0 Å². The molecule has 1 aromatic heterocycles. The molecular weight excluding hydrogens is 254 g/mol. The number of ether oxygens (including phenoxy) is 1. The molecule has 0 saturated heterocycles. The summed E-state index contributed by atoms with van der Waals surface area (Å²) >= 11 is 0. The highest BCUT2D eigenvalue weighted by molar-refractivity contribution is 7.90. The topological polar surface area (TPSA) is 76.5 Å². The maximum Gasteiger partial charge on any atom is 0.192 e. The van der Waals surface area contributed by atoms with Gasteiger partial charge >= 0.3 is 0 Å². The summed E-state index contributed by atoms with van der Waals surface area (Å²) in [5.74, 6) is 0. The minimum atomic E-state index is -3.31. The molecule has 0 aliphatic rings. The Kier molecular flexibility index (Phi) is 3.34. The normalized spacial score (nSPS) is 13.7. The van der Waals surface area contributed by atoms with Crippen LogP contribution in [0.25, 0.3) is 10.9 Å². The number of benzene rings is 1. The quantitative estimate of drug-likeness (QED) is 0.848. The lowest BCUT2D eigenvalue weighted by Gasteiger charge is -2.09. The molecule has 0 spiro atoms. The summed E-state index contributed by atoms with van der Waals surface area (Å²) in [4.78, 5) is 4.06. The molecule has 5 nitrogen and oxygen atoms in total. The molecule has 0 saturated carbocycles. The highest BCUT2D eigenvalue weighted by Gasteiger charge is 2.11. The van der Waals surface area contributed by atoms with Crippen molar-refractivity contribution < 1.29 is 18.3 Å². The van der Waals surface area contributed by atoms with Gasteiger partial charge in [0.05, 0.1) is 5.52 Å². The van der Waals surface area contributed by atoms with Crippen molar-refractivity contribution in [3.05, 3.63) is 35.9 Å². The van der Waals surface area contributed by atoms with Crippen molar-refractivity contribution >= 4 is 20.7 Å². The van der Waals surface area contributed by atoms with E-state index in [0.717, 1.165) is 11.6 Å². The van der Waals surface area contributed by atoms with Gasteiger partial charge in [0.25, 0.3) is 0 Å². The van der Waals surface area contributed by atoms with Gasteiger partial charge in [0, 0.05) is 24.3 Å². The number of nitrogens with zero attached hydrogens (tertiary/aromatic N) is 1. The van der Waals surface area contributed by atoms with Gasteiger partial charge in [-0.25, -0.2) is 13.4 Å². The van der Waals surface area contributed by atoms with Crippen LogP contribution in [0.1, 0.15) is 11.9 Å². The standard InChI is InChI=1S/C12H13NO4S/c1-17-12(14)9-3-5-10-8(7-9)4-6-11(13-10)18(2,15)16/h3-7,12,14H,1-2H3. The Labute approximate surface area is 105 Å². The molecule has 18 heavy (non-hydrogen) atoms. The lowest BCUT2D eigenvalue weighted by molar-refractivity contribution is -0.0768. The first kappa shape index (κ1) is 12.9.